The van der Waals surface area contributed by atoms with E-state index in [-0.39, 0.29) is 11.8 Å². The minimum absolute atomic E-state index is 0.0655. The van der Waals surface area contributed by atoms with Crippen LogP contribution >= 0.6 is 0 Å². The smallest absolute Gasteiger partial charge is 0.253 e. The second-order valence-corrected chi connectivity index (χ2v) is 6.21. The van der Waals surface area contributed by atoms with E-state index in [1.54, 1.807) is 36.1 Å². The lowest BCUT2D eigenvalue weighted by molar-refractivity contribution is -0.117. The Labute approximate surface area is 147 Å². The number of carbonyl (C=O) groups excluding carboxylic acids is 2. The first-order valence-corrected chi connectivity index (χ1v) is 8.37. The topological polar surface area (TPSA) is 49.9 Å². The Morgan fingerprint density at radius 3 is 2.60 bits per heavy atom. The number of benzene rings is 2. The van der Waals surface area contributed by atoms with E-state index < -0.39 is 0 Å². The highest BCUT2D eigenvalue weighted by Crippen LogP contribution is 2.23. The summed E-state index contributed by atoms with van der Waals surface area (Å²) in [7, 11) is 3.41. The van der Waals surface area contributed by atoms with Gasteiger partial charge in [0.15, 0.2) is 0 Å². The molecule has 0 atom stereocenters. The van der Waals surface area contributed by atoms with Gasteiger partial charge in [0.1, 0.15) is 5.75 Å². The number of ether oxygens (including phenoxy) is 1. The van der Waals surface area contributed by atoms with E-state index in [1.807, 2.05) is 36.4 Å². The van der Waals surface area contributed by atoms with Gasteiger partial charge in [-0.05, 0) is 42.3 Å². The van der Waals surface area contributed by atoms with Gasteiger partial charge in [-0.1, -0.05) is 18.2 Å². The van der Waals surface area contributed by atoms with Crippen LogP contribution in [0.5, 0.6) is 5.75 Å². The van der Waals surface area contributed by atoms with Crippen LogP contribution in [-0.4, -0.2) is 37.4 Å². The van der Waals surface area contributed by atoms with Gasteiger partial charge < -0.3 is 14.5 Å². The van der Waals surface area contributed by atoms with Crippen LogP contribution in [0.4, 0.5) is 5.69 Å². The maximum absolute atomic E-state index is 12.7. The normalized spacial score (nSPS) is 13.8. The average molecular weight is 338 g/mol. The molecule has 0 aliphatic carbocycles. The Kier molecular flexibility index (Phi) is 5.03. The van der Waals surface area contributed by atoms with E-state index in [1.165, 1.54) is 0 Å². The Bertz CT molecular complexity index is 771. The van der Waals surface area contributed by atoms with Crippen LogP contribution in [0.2, 0.25) is 0 Å². The van der Waals surface area contributed by atoms with Crippen LogP contribution in [0.25, 0.3) is 0 Å². The Hall–Kier alpha value is -2.82. The van der Waals surface area contributed by atoms with Gasteiger partial charge in [0.2, 0.25) is 5.91 Å². The molecule has 130 valence electrons. The van der Waals surface area contributed by atoms with Crippen LogP contribution in [0.15, 0.2) is 48.5 Å². The first kappa shape index (κ1) is 17.0. The van der Waals surface area contributed by atoms with Gasteiger partial charge in [-0.15, -0.1) is 0 Å². The maximum atomic E-state index is 12.7. The summed E-state index contributed by atoms with van der Waals surface area (Å²) in [5.74, 6) is 0.848. The van der Waals surface area contributed by atoms with Crippen LogP contribution in [0, 0.1) is 0 Å². The number of hydrogen-bond donors (Lipinski definition) is 0. The largest absolute Gasteiger partial charge is 0.497 e. The lowest BCUT2D eigenvalue weighted by Gasteiger charge is -2.20. The molecule has 0 spiro atoms. The van der Waals surface area contributed by atoms with Crippen molar-refractivity contribution in [1.29, 1.82) is 0 Å². The van der Waals surface area contributed by atoms with Gasteiger partial charge in [-0.25, -0.2) is 0 Å². The summed E-state index contributed by atoms with van der Waals surface area (Å²) in [6.07, 6.45) is 1.45. The van der Waals surface area contributed by atoms with E-state index in [0.717, 1.165) is 30.0 Å². The van der Waals surface area contributed by atoms with Crippen molar-refractivity contribution in [2.45, 2.75) is 19.4 Å². The monoisotopic (exact) mass is 338 g/mol. The van der Waals surface area contributed by atoms with Crippen LogP contribution in [0.1, 0.15) is 28.8 Å². The van der Waals surface area contributed by atoms with E-state index in [0.29, 0.717) is 18.5 Å². The molecule has 1 aliphatic heterocycles. The van der Waals surface area contributed by atoms with Crippen LogP contribution in [0.3, 0.4) is 0 Å². The molecule has 0 radical (unpaired) electrons. The van der Waals surface area contributed by atoms with Crippen LogP contribution < -0.4 is 9.64 Å². The number of amides is 2. The molecule has 3 rings (SSSR count). The van der Waals surface area contributed by atoms with Gasteiger partial charge in [-0.2, -0.15) is 0 Å². The van der Waals surface area contributed by atoms with Crippen molar-refractivity contribution < 1.29 is 14.3 Å². The molecule has 2 amide bonds. The SMILES string of the molecule is COc1ccc(CN(C)C(=O)c2cccc(N3CCCC3=O)c2)cc1. The van der Waals surface area contributed by atoms with Gasteiger partial charge >= 0.3 is 0 Å². The van der Waals surface area contributed by atoms with Crippen LogP contribution in [-0.2, 0) is 11.3 Å². The lowest BCUT2D eigenvalue weighted by atomic mass is 10.1. The molecule has 2 aromatic carbocycles. The summed E-state index contributed by atoms with van der Waals surface area (Å²) in [5.41, 5.74) is 2.42. The molecule has 5 heteroatoms. The van der Waals surface area contributed by atoms with Gasteiger partial charge in [0.05, 0.1) is 7.11 Å². The zero-order chi connectivity index (χ0) is 17.8. The quantitative estimate of drug-likeness (QED) is 0.842. The van der Waals surface area contributed by atoms with E-state index in [2.05, 4.69) is 0 Å². The Balaban J connectivity index is 1.72. The van der Waals surface area contributed by atoms with Gasteiger partial charge in [0, 0.05) is 37.8 Å². The van der Waals surface area contributed by atoms with Crippen molar-refractivity contribution in [2.24, 2.45) is 0 Å². The summed E-state index contributed by atoms with van der Waals surface area (Å²) in [5, 5.41) is 0. The fourth-order valence-electron chi connectivity index (χ4n) is 3.02. The third kappa shape index (κ3) is 3.82. The molecule has 0 bridgehead atoms. The minimum atomic E-state index is -0.0655. The maximum Gasteiger partial charge on any atom is 0.253 e. The number of methoxy groups -OCH3 is 1. The Morgan fingerprint density at radius 2 is 1.96 bits per heavy atom. The summed E-state index contributed by atoms with van der Waals surface area (Å²) >= 11 is 0. The average Bonchev–Trinajstić information content (AvgIpc) is 3.08. The zero-order valence-electron chi connectivity index (χ0n) is 14.6. The molecule has 0 unspecified atom stereocenters. The summed E-state index contributed by atoms with van der Waals surface area (Å²) in [6.45, 7) is 1.23. The predicted octanol–water partition coefficient (Wildman–Crippen LogP) is 3.09. The lowest BCUT2D eigenvalue weighted by Crippen LogP contribution is -2.27. The molecule has 0 N–H and O–H groups in total. The zero-order valence-corrected chi connectivity index (χ0v) is 14.6. The first-order chi connectivity index (χ1) is 12.1. The van der Waals surface area contributed by atoms with E-state index in [4.69, 9.17) is 4.74 Å². The van der Waals surface area contributed by atoms with Crippen molar-refractivity contribution in [3.05, 3.63) is 59.7 Å². The number of hydrogen-bond acceptors (Lipinski definition) is 3. The highest BCUT2D eigenvalue weighted by atomic mass is 16.5. The molecule has 1 aliphatic rings. The first-order valence-electron chi connectivity index (χ1n) is 8.37. The van der Waals surface area contributed by atoms with Gasteiger partial charge in [-0.3, -0.25) is 9.59 Å². The van der Waals surface area contributed by atoms with Crippen molar-refractivity contribution in [1.82, 2.24) is 4.90 Å². The van der Waals surface area contributed by atoms with Crippen molar-refractivity contribution >= 4 is 17.5 Å². The predicted molar refractivity (Wildman–Crippen MR) is 96.8 cm³/mol. The molecule has 1 heterocycles. The molecule has 5 nitrogen and oxygen atoms in total. The standard InChI is InChI=1S/C20H22N2O3/c1-21(14-15-8-10-18(25-2)11-9-15)20(24)16-5-3-6-17(13-16)22-12-4-7-19(22)23/h3,5-6,8-11,13H,4,7,12,14H2,1-2H3. The van der Waals surface area contributed by atoms with Crippen molar-refractivity contribution in [3.8, 4) is 5.75 Å². The number of carbonyl (C=O) groups is 2. The minimum Gasteiger partial charge on any atom is -0.497 e. The number of rotatable bonds is 5. The van der Waals surface area contributed by atoms with Crippen molar-refractivity contribution in [3.63, 3.8) is 0 Å². The number of nitrogens with zero attached hydrogens (tertiary/aromatic N) is 2. The van der Waals surface area contributed by atoms with Crippen molar-refractivity contribution in [2.75, 3.05) is 25.6 Å². The fraction of sp³-hybridized carbons (Fsp3) is 0.300. The molecule has 0 aromatic heterocycles. The second-order valence-electron chi connectivity index (χ2n) is 6.21. The molecule has 25 heavy (non-hydrogen) atoms. The van der Waals surface area contributed by atoms with Gasteiger partial charge in [0.25, 0.3) is 5.91 Å². The third-order valence-corrected chi connectivity index (χ3v) is 4.40. The molecular weight excluding hydrogens is 316 g/mol. The summed E-state index contributed by atoms with van der Waals surface area (Å²) in [4.78, 5) is 28.0. The third-order valence-electron chi connectivity index (χ3n) is 4.40. The van der Waals surface area contributed by atoms with E-state index in [9.17, 15) is 9.59 Å². The number of anilines is 1. The molecule has 1 saturated heterocycles. The molecule has 2 aromatic rings. The fourth-order valence-corrected chi connectivity index (χ4v) is 3.02. The highest BCUT2D eigenvalue weighted by Gasteiger charge is 2.22. The van der Waals surface area contributed by atoms with E-state index >= 15 is 0 Å². The molecule has 1 fully saturated rings. The second kappa shape index (κ2) is 7.38. The highest BCUT2D eigenvalue weighted by molar-refractivity contribution is 5.99. The summed E-state index contributed by atoms with van der Waals surface area (Å²) < 4.78 is 5.15. The Morgan fingerprint density at radius 1 is 1.20 bits per heavy atom. The summed E-state index contributed by atoms with van der Waals surface area (Å²) in [6, 6.07) is 15.0. The molecular formula is C20H22N2O3. The molecule has 0 saturated carbocycles.